The Morgan fingerprint density at radius 3 is 2.51 bits per heavy atom. The molecule has 0 bridgehead atoms. The molecule has 3 aromatic rings. The predicted molar refractivity (Wildman–Crippen MR) is 153 cm³/mol. The van der Waals surface area contributed by atoms with Gasteiger partial charge in [0.25, 0.3) is 0 Å². The van der Waals surface area contributed by atoms with Crippen LogP contribution in [-0.4, -0.2) is 27.1 Å². The summed E-state index contributed by atoms with van der Waals surface area (Å²) in [7, 11) is 0. The maximum Gasteiger partial charge on any atom is 0.213 e. The van der Waals surface area contributed by atoms with Crippen LogP contribution in [0.15, 0.2) is 42.4 Å². The number of hydrazine groups is 2. The van der Waals surface area contributed by atoms with E-state index in [1.54, 1.807) is 24.1 Å². The normalized spacial score (nSPS) is 16.4. The van der Waals surface area contributed by atoms with Crippen LogP contribution in [0.5, 0.6) is 0 Å². The second kappa shape index (κ2) is 10.6. The van der Waals surface area contributed by atoms with Gasteiger partial charge in [0.15, 0.2) is 0 Å². The molecule has 11 heteroatoms. The van der Waals surface area contributed by atoms with Crippen LogP contribution in [0.1, 0.15) is 68.5 Å². The first kappa shape index (κ1) is 27.6. The van der Waals surface area contributed by atoms with Gasteiger partial charge in [0.05, 0.1) is 40.1 Å². The Morgan fingerprint density at radius 1 is 1.15 bits per heavy atom. The summed E-state index contributed by atoms with van der Waals surface area (Å²) in [5.41, 5.74) is 9.87. The Morgan fingerprint density at radius 2 is 1.90 bits per heavy atom. The molecule has 0 unspecified atom stereocenters. The zero-order valence-electron chi connectivity index (χ0n) is 23.4. The minimum Gasteiger partial charge on any atom is -0.383 e. The lowest BCUT2D eigenvalue weighted by molar-refractivity contribution is 0.0668. The quantitative estimate of drug-likeness (QED) is 0.295. The van der Waals surface area contributed by atoms with E-state index < -0.39 is 17.5 Å². The van der Waals surface area contributed by atoms with Gasteiger partial charge in [-0.2, -0.15) is 20.2 Å². The maximum absolute atomic E-state index is 14.0. The molecule has 2 aromatic heterocycles. The fourth-order valence-electron chi connectivity index (χ4n) is 5.06. The van der Waals surface area contributed by atoms with Crippen LogP contribution in [0.25, 0.3) is 10.9 Å². The lowest BCUT2D eigenvalue weighted by Gasteiger charge is -2.41. The molecular weight excluding hydrogens is 519 g/mol. The minimum absolute atomic E-state index is 0.0604. The third-order valence-electron chi connectivity index (χ3n) is 7.47. The molecule has 4 N–H and O–H groups in total. The van der Waals surface area contributed by atoms with Crippen molar-refractivity contribution in [1.82, 2.24) is 25.9 Å². The van der Waals surface area contributed by atoms with Gasteiger partial charge in [-0.3, -0.25) is 9.99 Å². The number of fused-ring (bicyclic) bond motifs is 1. The van der Waals surface area contributed by atoms with Crippen molar-refractivity contribution in [2.75, 3.05) is 17.2 Å². The van der Waals surface area contributed by atoms with Gasteiger partial charge in [-0.1, -0.05) is 26.8 Å². The number of anilines is 2. The molecule has 208 valence electrons. The summed E-state index contributed by atoms with van der Waals surface area (Å²) in [6, 6.07) is 12.9. The topological polar surface area (TPSA) is 149 Å². The Balaban J connectivity index is 1.61. The average Bonchev–Trinajstić information content (AvgIpc) is 3.39. The Kier molecular flexibility index (Phi) is 7.13. The van der Waals surface area contributed by atoms with E-state index in [0.717, 1.165) is 19.3 Å². The second-order valence-corrected chi connectivity index (χ2v) is 11.7. The number of pyridine rings is 2. The van der Waals surface area contributed by atoms with Crippen LogP contribution in [0, 0.1) is 52.3 Å². The van der Waals surface area contributed by atoms with Crippen molar-refractivity contribution in [2.45, 2.75) is 58.5 Å². The van der Waals surface area contributed by atoms with Crippen LogP contribution >= 0.6 is 0 Å². The summed E-state index contributed by atoms with van der Waals surface area (Å²) in [6.45, 7) is 8.60. The van der Waals surface area contributed by atoms with Crippen molar-refractivity contribution in [2.24, 2.45) is 5.41 Å². The number of rotatable bonds is 7. The first-order valence-electron chi connectivity index (χ1n) is 13.4. The highest BCUT2D eigenvalue weighted by Gasteiger charge is 2.44. The fraction of sp³-hybridized carbons (Fsp3) is 0.367. The maximum atomic E-state index is 14.0. The van der Waals surface area contributed by atoms with Crippen molar-refractivity contribution in [3.63, 3.8) is 0 Å². The summed E-state index contributed by atoms with van der Waals surface area (Å²) in [5.74, 6) is -0.585. The molecule has 1 aliphatic heterocycles. The number of hydrogen-bond donors (Lipinski definition) is 4. The number of aromatic nitrogens is 2. The molecule has 0 saturated heterocycles. The average molecular weight is 551 g/mol. The van der Waals surface area contributed by atoms with Gasteiger partial charge >= 0.3 is 0 Å². The van der Waals surface area contributed by atoms with Gasteiger partial charge in [-0.15, -0.1) is 5.53 Å². The number of nitriles is 3. The SMILES string of the molecule is Cc1nc(F)ccc1[C@H](Nc1cc(C#N)c2ncc(C#N)c(NCC(C)(C)C)c2c1)C1=CN(C2(C#N)CCC2)NN1. The van der Waals surface area contributed by atoms with E-state index in [1.807, 2.05) is 12.3 Å². The van der Waals surface area contributed by atoms with E-state index in [1.165, 1.54) is 12.3 Å². The zero-order chi connectivity index (χ0) is 29.4. The molecule has 10 nitrogen and oxygen atoms in total. The molecule has 0 radical (unpaired) electrons. The smallest absolute Gasteiger partial charge is 0.213 e. The zero-order valence-corrected chi connectivity index (χ0v) is 23.4. The molecule has 41 heavy (non-hydrogen) atoms. The van der Waals surface area contributed by atoms with E-state index in [9.17, 15) is 20.2 Å². The molecule has 3 heterocycles. The number of halogens is 1. The van der Waals surface area contributed by atoms with Crippen LogP contribution < -0.4 is 21.6 Å². The molecule has 1 aliphatic carbocycles. The van der Waals surface area contributed by atoms with Crippen LogP contribution in [0.3, 0.4) is 0 Å². The molecular formula is C30H31FN10. The van der Waals surface area contributed by atoms with Crippen molar-refractivity contribution < 1.29 is 4.39 Å². The summed E-state index contributed by atoms with van der Waals surface area (Å²) < 4.78 is 14.0. The van der Waals surface area contributed by atoms with Crippen molar-refractivity contribution >= 4 is 22.3 Å². The highest BCUT2D eigenvalue weighted by molar-refractivity contribution is 5.99. The number of hydrogen-bond acceptors (Lipinski definition) is 10. The lowest BCUT2D eigenvalue weighted by Crippen LogP contribution is -2.56. The summed E-state index contributed by atoms with van der Waals surface area (Å²) >= 11 is 0. The van der Waals surface area contributed by atoms with E-state index in [4.69, 9.17) is 0 Å². The number of benzene rings is 1. The standard InChI is InChI=1S/C30H31FN10/c1-18-22(6-7-25(31)37-18)28(24-15-41(40-39-24)30(16-34)8-5-9-30)38-21-10-19(12-32)26-23(11-21)27(20(13-33)14-35-26)36-17-29(2,3)4/h6-7,10-11,14-15,28,38-40H,5,8-9,17H2,1-4H3,(H,35,36)/t28-/m0/s1. The van der Waals surface area contributed by atoms with Gasteiger partial charge in [0.1, 0.15) is 17.7 Å². The first-order chi connectivity index (χ1) is 19.6. The highest BCUT2D eigenvalue weighted by atomic mass is 19.1. The molecule has 2 aliphatic rings. The van der Waals surface area contributed by atoms with Gasteiger partial charge in [-0.05, 0) is 49.8 Å². The van der Waals surface area contributed by atoms with Crippen molar-refractivity contribution in [1.29, 1.82) is 15.8 Å². The van der Waals surface area contributed by atoms with Gasteiger partial charge in [-0.25, -0.2) is 4.98 Å². The van der Waals surface area contributed by atoms with E-state index in [0.29, 0.717) is 56.9 Å². The number of nitrogens with zero attached hydrogens (tertiary/aromatic N) is 6. The second-order valence-electron chi connectivity index (χ2n) is 11.7. The van der Waals surface area contributed by atoms with Gasteiger partial charge < -0.3 is 16.1 Å². The number of nitrogens with one attached hydrogen (secondary N) is 4. The molecule has 1 aromatic carbocycles. The van der Waals surface area contributed by atoms with E-state index in [-0.39, 0.29) is 5.41 Å². The Bertz CT molecular complexity index is 1660. The minimum atomic E-state index is -0.640. The van der Waals surface area contributed by atoms with Crippen molar-refractivity contribution in [3.05, 3.63) is 70.7 Å². The first-order valence-corrected chi connectivity index (χ1v) is 13.4. The van der Waals surface area contributed by atoms with E-state index >= 15 is 0 Å². The fourth-order valence-corrected chi connectivity index (χ4v) is 5.06. The molecule has 0 amide bonds. The summed E-state index contributed by atoms with van der Waals surface area (Å²) in [6.07, 6.45) is 5.78. The Hall–Kier alpha value is -4.92. The van der Waals surface area contributed by atoms with Crippen LogP contribution in [0.2, 0.25) is 0 Å². The summed E-state index contributed by atoms with van der Waals surface area (Å²) in [5, 5.41) is 39.0. The molecule has 1 atom stereocenters. The van der Waals surface area contributed by atoms with Gasteiger partial charge in [0.2, 0.25) is 5.95 Å². The molecule has 0 spiro atoms. The lowest BCUT2D eigenvalue weighted by atomic mass is 9.77. The van der Waals surface area contributed by atoms with Crippen molar-refractivity contribution in [3.8, 4) is 18.2 Å². The predicted octanol–water partition coefficient (Wildman–Crippen LogP) is 5.04. The molecule has 1 fully saturated rings. The van der Waals surface area contributed by atoms with Gasteiger partial charge in [0, 0.05) is 41.3 Å². The van der Waals surface area contributed by atoms with Crippen LogP contribution in [-0.2, 0) is 0 Å². The Labute approximate surface area is 238 Å². The largest absolute Gasteiger partial charge is 0.383 e. The third kappa shape index (κ3) is 5.30. The number of aryl methyl sites for hydroxylation is 1. The molecule has 1 saturated carbocycles. The third-order valence-corrected chi connectivity index (χ3v) is 7.47. The monoisotopic (exact) mass is 550 g/mol. The molecule has 5 rings (SSSR count). The highest BCUT2D eigenvalue weighted by Crippen LogP contribution is 2.39. The van der Waals surface area contributed by atoms with E-state index in [2.05, 4.69) is 70.5 Å². The summed E-state index contributed by atoms with van der Waals surface area (Å²) in [4.78, 5) is 8.46. The van der Waals surface area contributed by atoms with Crippen LogP contribution in [0.4, 0.5) is 15.8 Å².